The fourth-order valence-corrected chi connectivity index (χ4v) is 1.70. The maximum Gasteiger partial charge on any atom is 0.343 e. The minimum atomic E-state index is -0.612. The van der Waals surface area contributed by atoms with Gasteiger partial charge in [0.05, 0.1) is 12.0 Å². The molecule has 0 unspecified atom stereocenters. The second-order valence-corrected chi connectivity index (χ2v) is 4.04. The van der Waals surface area contributed by atoms with Gasteiger partial charge in [-0.3, -0.25) is 4.79 Å². The van der Waals surface area contributed by atoms with Crippen LogP contribution in [0, 0.1) is 13.8 Å². The van der Waals surface area contributed by atoms with Gasteiger partial charge < -0.3 is 9.72 Å². The van der Waals surface area contributed by atoms with E-state index in [9.17, 15) is 9.59 Å². The number of aryl methyl sites for hydroxylation is 2. The summed E-state index contributed by atoms with van der Waals surface area (Å²) in [5, 5.41) is 0.406. The first-order valence-electron chi connectivity index (χ1n) is 5.71. The van der Waals surface area contributed by atoms with Crippen molar-refractivity contribution >= 4 is 17.0 Å². The Balaban J connectivity index is 2.68. The van der Waals surface area contributed by atoms with E-state index < -0.39 is 5.97 Å². The molecule has 2 rings (SSSR count). The largest absolute Gasteiger partial charge is 0.462 e. The van der Waals surface area contributed by atoms with Crippen molar-refractivity contribution in [1.82, 2.24) is 9.97 Å². The van der Waals surface area contributed by atoms with Crippen LogP contribution in [0.15, 0.2) is 17.1 Å². The first kappa shape index (κ1) is 12.3. The van der Waals surface area contributed by atoms with E-state index >= 15 is 0 Å². The van der Waals surface area contributed by atoms with Crippen LogP contribution in [-0.4, -0.2) is 22.5 Å². The van der Waals surface area contributed by atoms with Gasteiger partial charge in [-0.15, -0.1) is 0 Å². The Kier molecular flexibility index (Phi) is 3.14. The number of hydrogen-bond acceptors (Lipinski definition) is 4. The maximum absolute atomic E-state index is 12.1. The normalized spacial score (nSPS) is 10.6. The highest BCUT2D eigenvalue weighted by Crippen LogP contribution is 2.11. The summed E-state index contributed by atoms with van der Waals surface area (Å²) in [6.07, 6.45) is 1.35. The highest BCUT2D eigenvalue weighted by molar-refractivity contribution is 5.92. The van der Waals surface area contributed by atoms with Gasteiger partial charge in [0, 0.05) is 11.9 Å². The molecular weight excluding hydrogens is 232 g/mol. The topological polar surface area (TPSA) is 72.1 Å². The number of pyridine rings is 2. The summed E-state index contributed by atoms with van der Waals surface area (Å²) < 4.78 is 4.83. The minimum Gasteiger partial charge on any atom is -0.462 e. The van der Waals surface area contributed by atoms with Crippen molar-refractivity contribution in [2.45, 2.75) is 20.8 Å². The van der Waals surface area contributed by atoms with Gasteiger partial charge in [0.15, 0.2) is 0 Å². The number of nitrogens with one attached hydrogen (secondary N) is 1. The van der Waals surface area contributed by atoms with Crippen molar-refractivity contribution in [2.24, 2.45) is 0 Å². The van der Waals surface area contributed by atoms with Crippen LogP contribution in [0.1, 0.15) is 28.5 Å². The van der Waals surface area contributed by atoms with Crippen LogP contribution in [0.2, 0.25) is 0 Å². The van der Waals surface area contributed by atoms with Gasteiger partial charge in [0.25, 0.3) is 0 Å². The van der Waals surface area contributed by atoms with Crippen LogP contribution in [0.25, 0.3) is 11.0 Å². The lowest BCUT2D eigenvalue weighted by molar-refractivity contribution is 0.0524. The zero-order chi connectivity index (χ0) is 13.3. The molecule has 5 nitrogen and oxygen atoms in total. The van der Waals surface area contributed by atoms with Crippen LogP contribution in [0.5, 0.6) is 0 Å². The van der Waals surface area contributed by atoms with E-state index in [-0.39, 0.29) is 17.6 Å². The molecule has 0 spiro atoms. The Morgan fingerprint density at radius 2 is 2.17 bits per heavy atom. The second-order valence-electron chi connectivity index (χ2n) is 4.04. The lowest BCUT2D eigenvalue weighted by Crippen LogP contribution is -2.18. The minimum absolute atomic E-state index is 0.00871. The first-order valence-corrected chi connectivity index (χ1v) is 5.71. The molecule has 94 valence electrons. The third kappa shape index (κ3) is 1.99. The van der Waals surface area contributed by atoms with Gasteiger partial charge in [0.2, 0.25) is 5.43 Å². The number of carbonyl (C=O) groups is 1. The van der Waals surface area contributed by atoms with E-state index in [1.54, 1.807) is 13.0 Å². The number of ether oxygens (including phenoxy) is 1. The smallest absolute Gasteiger partial charge is 0.343 e. The van der Waals surface area contributed by atoms with Crippen LogP contribution in [0.3, 0.4) is 0 Å². The zero-order valence-corrected chi connectivity index (χ0v) is 10.5. The highest BCUT2D eigenvalue weighted by atomic mass is 16.5. The lowest BCUT2D eigenvalue weighted by atomic mass is 10.1. The summed E-state index contributed by atoms with van der Waals surface area (Å²) in [5.41, 5.74) is 1.90. The quantitative estimate of drug-likeness (QED) is 0.819. The average molecular weight is 246 g/mol. The number of nitrogens with zero attached hydrogens (tertiary/aromatic N) is 1. The molecule has 0 amide bonds. The molecule has 2 aromatic rings. The molecule has 0 aromatic carbocycles. The highest BCUT2D eigenvalue weighted by Gasteiger charge is 2.14. The second kappa shape index (κ2) is 4.60. The summed E-state index contributed by atoms with van der Waals surface area (Å²) in [4.78, 5) is 30.9. The zero-order valence-electron chi connectivity index (χ0n) is 10.5. The van der Waals surface area contributed by atoms with Gasteiger partial charge in [0.1, 0.15) is 11.2 Å². The molecule has 0 radical (unpaired) electrons. The Labute approximate surface area is 104 Å². The SMILES string of the molecule is CCOC(=O)c1c[nH]c2nc(C)c(C)cc2c1=O. The molecule has 18 heavy (non-hydrogen) atoms. The monoisotopic (exact) mass is 246 g/mol. The molecule has 5 heteroatoms. The number of hydrogen-bond donors (Lipinski definition) is 1. The van der Waals surface area contributed by atoms with Crippen LogP contribution >= 0.6 is 0 Å². The number of rotatable bonds is 2. The predicted molar refractivity (Wildman–Crippen MR) is 67.8 cm³/mol. The molecule has 0 fully saturated rings. The van der Waals surface area contributed by atoms with E-state index in [1.807, 2.05) is 13.8 Å². The van der Waals surface area contributed by atoms with Crippen molar-refractivity contribution in [3.05, 3.63) is 39.3 Å². The third-order valence-corrected chi connectivity index (χ3v) is 2.80. The van der Waals surface area contributed by atoms with Crippen molar-refractivity contribution in [1.29, 1.82) is 0 Å². The third-order valence-electron chi connectivity index (χ3n) is 2.80. The van der Waals surface area contributed by atoms with Crippen molar-refractivity contribution in [3.8, 4) is 0 Å². The lowest BCUT2D eigenvalue weighted by Gasteiger charge is -2.05. The van der Waals surface area contributed by atoms with E-state index in [1.165, 1.54) is 6.20 Å². The first-order chi connectivity index (χ1) is 8.54. The van der Waals surface area contributed by atoms with Gasteiger partial charge in [-0.25, -0.2) is 9.78 Å². The van der Waals surface area contributed by atoms with E-state index in [4.69, 9.17) is 4.74 Å². The molecule has 0 saturated carbocycles. The number of aromatic amines is 1. The molecule has 0 aliphatic rings. The fraction of sp³-hybridized carbons (Fsp3) is 0.308. The van der Waals surface area contributed by atoms with Gasteiger partial charge in [-0.05, 0) is 32.4 Å². The van der Waals surface area contributed by atoms with Gasteiger partial charge in [-0.2, -0.15) is 0 Å². The number of carbonyl (C=O) groups excluding carboxylic acids is 1. The van der Waals surface area contributed by atoms with Gasteiger partial charge >= 0.3 is 5.97 Å². The van der Waals surface area contributed by atoms with Crippen molar-refractivity contribution in [3.63, 3.8) is 0 Å². The summed E-state index contributed by atoms with van der Waals surface area (Å²) in [6.45, 7) is 5.67. The summed E-state index contributed by atoms with van der Waals surface area (Å²) in [7, 11) is 0. The molecule has 0 bridgehead atoms. The van der Waals surface area contributed by atoms with Crippen LogP contribution in [0.4, 0.5) is 0 Å². The predicted octanol–water partition coefficient (Wildman–Crippen LogP) is 1.72. The molecule has 0 atom stereocenters. The maximum atomic E-state index is 12.1. The summed E-state index contributed by atoms with van der Waals surface area (Å²) in [5.74, 6) is -0.612. The molecular formula is C13H14N2O3. The van der Waals surface area contributed by atoms with Crippen LogP contribution in [-0.2, 0) is 4.74 Å². The molecule has 0 aliphatic heterocycles. The Morgan fingerprint density at radius 1 is 1.44 bits per heavy atom. The molecule has 2 heterocycles. The average Bonchev–Trinajstić information content (AvgIpc) is 2.32. The van der Waals surface area contributed by atoms with Crippen molar-refractivity contribution < 1.29 is 9.53 Å². The van der Waals surface area contributed by atoms with E-state index in [0.717, 1.165) is 11.3 Å². The summed E-state index contributed by atoms with van der Waals surface area (Å²) >= 11 is 0. The standard InChI is InChI=1S/C13H14N2O3/c1-4-18-13(17)10-6-14-12-9(11(10)16)5-7(2)8(3)15-12/h5-6H,4H2,1-3H3,(H,14,15,16). The van der Waals surface area contributed by atoms with E-state index in [2.05, 4.69) is 9.97 Å². The van der Waals surface area contributed by atoms with Gasteiger partial charge in [-0.1, -0.05) is 0 Å². The Morgan fingerprint density at radius 3 is 2.83 bits per heavy atom. The molecule has 2 aromatic heterocycles. The van der Waals surface area contributed by atoms with E-state index in [0.29, 0.717) is 11.0 Å². The van der Waals surface area contributed by atoms with Crippen LogP contribution < -0.4 is 5.43 Å². The Bertz CT molecular complexity index is 674. The number of H-pyrrole nitrogens is 1. The number of fused-ring (bicyclic) bond motifs is 1. The molecule has 0 saturated heterocycles. The number of esters is 1. The number of aromatic nitrogens is 2. The summed E-state index contributed by atoms with van der Waals surface area (Å²) in [6, 6.07) is 1.74. The fourth-order valence-electron chi connectivity index (χ4n) is 1.70. The molecule has 1 N–H and O–H groups in total. The Hall–Kier alpha value is -2.17. The molecule has 0 aliphatic carbocycles. The van der Waals surface area contributed by atoms with Crippen molar-refractivity contribution in [2.75, 3.05) is 6.61 Å².